The summed E-state index contributed by atoms with van der Waals surface area (Å²) in [6, 6.07) is 0. The highest BCUT2D eigenvalue weighted by molar-refractivity contribution is 5.77. The van der Waals surface area contributed by atoms with E-state index in [9.17, 15) is 9.90 Å². The number of rotatable bonds is 1. The summed E-state index contributed by atoms with van der Waals surface area (Å²) in [5.74, 6) is 2.46. The van der Waals surface area contributed by atoms with Crippen molar-refractivity contribution in [1.29, 1.82) is 0 Å². The number of esters is 1. The maximum Gasteiger partial charge on any atom is 0.314 e. The van der Waals surface area contributed by atoms with Crippen molar-refractivity contribution >= 4 is 5.97 Å². The van der Waals surface area contributed by atoms with Gasteiger partial charge in [0, 0.05) is 5.41 Å². The number of aliphatic hydroxyl groups is 1. The first-order valence-corrected chi connectivity index (χ1v) is 13.3. The van der Waals surface area contributed by atoms with Crippen LogP contribution in [0.3, 0.4) is 0 Å². The van der Waals surface area contributed by atoms with Crippen LogP contribution in [0, 0.1) is 56.7 Å². The van der Waals surface area contributed by atoms with Crippen molar-refractivity contribution in [3.63, 3.8) is 0 Å². The van der Waals surface area contributed by atoms with Gasteiger partial charge in [0.2, 0.25) is 6.29 Å². The molecule has 10 atom stereocenters. The van der Waals surface area contributed by atoms with Crippen molar-refractivity contribution in [3.8, 4) is 0 Å². The molecule has 3 heteroatoms. The van der Waals surface area contributed by atoms with E-state index in [-0.39, 0.29) is 28.1 Å². The average molecular weight is 443 g/mol. The van der Waals surface area contributed by atoms with Crippen molar-refractivity contribution in [1.82, 2.24) is 0 Å². The molecule has 4 aliphatic carbocycles. The zero-order valence-corrected chi connectivity index (χ0v) is 21.6. The van der Waals surface area contributed by atoms with Crippen LogP contribution in [0.15, 0.2) is 12.2 Å². The fraction of sp³-hybridized carbons (Fsp3) is 0.897. The van der Waals surface area contributed by atoms with E-state index in [1.165, 1.54) is 37.7 Å². The Morgan fingerprint density at radius 2 is 1.59 bits per heavy atom. The second-order valence-corrected chi connectivity index (χ2v) is 14.2. The molecule has 0 aromatic heterocycles. The molecular weight excluding hydrogens is 396 g/mol. The molecule has 4 saturated carbocycles. The minimum atomic E-state index is -0.985. The van der Waals surface area contributed by atoms with Crippen molar-refractivity contribution < 1.29 is 14.6 Å². The highest BCUT2D eigenvalue weighted by Crippen LogP contribution is 2.77. The maximum absolute atomic E-state index is 12.7. The Balaban J connectivity index is 1.57. The number of carbonyl (C=O) groups is 1. The molecule has 0 spiro atoms. The fourth-order valence-electron chi connectivity index (χ4n) is 10.8. The zero-order valence-electron chi connectivity index (χ0n) is 21.6. The van der Waals surface area contributed by atoms with Gasteiger partial charge >= 0.3 is 5.97 Å². The molecule has 180 valence electrons. The van der Waals surface area contributed by atoms with Crippen LogP contribution in [0.25, 0.3) is 0 Å². The first kappa shape index (κ1) is 22.9. The quantitative estimate of drug-likeness (QED) is 0.361. The van der Waals surface area contributed by atoms with Gasteiger partial charge in [-0.25, -0.2) is 0 Å². The molecule has 1 N–H and O–H groups in total. The standard InChI is InChI=1S/C29H46O3/c1-17(2)18-11-13-26(5)15-16-27(6)19(22(18)26)9-10-21-28(27,7)14-12-20-25(3,4)23(30)32-24(31)29(20,21)8/h18-22,24,31H,1,9-16H2,2-8H3/t18-,19+,20-,21-,22+,24+,26+,27+,28+,29-/m0/s1. The average Bonchev–Trinajstić information content (AvgIpc) is 3.05. The van der Waals surface area contributed by atoms with Crippen molar-refractivity contribution in [2.45, 2.75) is 106 Å². The Morgan fingerprint density at radius 1 is 0.906 bits per heavy atom. The maximum atomic E-state index is 12.7. The van der Waals surface area contributed by atoms with E-state index in [0.717, 1.165) is 31.1 Å². The molecule has 0 bridgehead atoms. The number of ether oxygens (including phenoxy) is 1. The molecule has 5 rings (SSSR count). The van der Waals surface area contributed by atoms with E-state index in [4.69, 9.17) is 4.74 Å². The fourth-order valence-corrected chi connectivity index (χ4v) is 10.8. The van der Waals surface area contributed by atoms with Gasteiger partial charge in [-0.2, -0.15) is 0 Å². The molecule has 1 heterocycles. The van der Waals surface area contributed by atoms with Gasteiger partial charge in [-0.15, -0.1) is 0 Å². The Bertz CT molecular complexity index is 845. The van der Waals surface area contributed by atoms with Crippen LogP contribution >= 0.6 is 0 Å². The van der Waals surface area contributed by atoms with Crippen molar-refractivity contribution in [2.75, 3.05) is 0 Å². The summed E-state index contributed by atoms with van der Waals surface area (Å²) < 4.78 is 5.68. The number of carbonyl (C=O) groups excluding carboxylic acids is 1. The largest absolute Gasteiger partial charge is 0.435 e. The lowest BCUT2D eigenvalue weighted by Crippen LogP contribution is -2.69. The van der Waals surface area contributed by atoms with Gasteiger partial charge in [0.15, 0.2) is 0 Å². The molecule has 3 nitrogen and oxygen atoms in total. The minimum absolute atomic E-state index is 0.158. The van der Waals surface area contributed by atoms with E-state index >= 15 is 0 Å². The van der Waals surface area contributed by atoms with Crippen molar-refractivity contribution in [2.24, 2.45) is 56.7 Å². The van der Waals surface area contributed by atoms with E-state index in [2.05, 4.69) is 41.2 Å². The summed E-state index contributed by atoms with van der Waals surface area (Å²) in [6.45, 7) is 20.8. The third-order valence-electron chi connectivity index (χ3n) is 12.8. The van der Waals surface area contributed by atoms with E-state index in [1.807, 2.05) is 13.8 Å². The molecule has 5 fully saturated rings. The highest BCUT2D eigenvalue weighted by atomic mass is 16.6. The van der Waals surface area contributed by atoms with E-state index in [1.54, 1.807) is 0 Å². The van der Waals surface area contributed by atoms with Crippen LogP contribution < -0.4 is 0 Å². The molecular formula is C29H46O3. The van der Waals surface area contributed by atoms with Crippen LogP contribution in [0.5, 0.6) is 0 Å². The number of aliphatic hydroxyl groups excluding tert-OH is 1. The van der Waals surface area contributed by atoms with Crippen molar-refractivity contribution in [3.05, 3.63) is 12.2 Å². The second kappa shape index (κ2) is 6.64. The molecule has 0 unspecified atom stereocenters. The lowest BCUT2D eigenvalue weighted by molar-refractivity contribution is -0.307. The van der Waals surface area contributed by atoms with Crippen LogP contribution in [0.4, 0.5) is 0 Å². The summed E-state index contributed by atoms with van der Waals surface area (Å²) >= 11 is 0. The molecule has 32 heavy (non-hydrogen) atoms. The molecule has 1 saturated heterocycles. The first-order chi connectivity index (χ1) is 14.7. The number of hydrogen-bond donors (Lipinski definition) is 1. The Labute approximate surface area is 195 Å². The van der Waals surface area contributed by atoms with Gasteiger partial charge in [0.25, 0.3) is 0 Å². The molecule has 0 aromatic rings. The van der Waals surface area contributed by atoms with Crippen LogP contribution in [-0.4, -0.2) is 17.4 Å². The van der Waals surface area contributed by atoms with Gasteiger partial charge in [-0.05, 0) is 118 Å². The van der Waals surface area contributed by atoms with Crippen LogP contribution in [-0.2, 0) is 9.53 Å². The smallest absolute Gasteiger partial charge is 0.314 e. The van der Waals surface area contributed by atoms with Gasteiger partial charge in [-0.3, -0.25) is 4.79 Å². The minimum Gasteiger partial charge on any atom is -0.435 e. The number of cyclic esters (lactones) is 1. The Morgan fingerprint density at radius 3 is 2.25 bits per heavy atom. The normalized spacial score (nSPS) is 56.3. The summed E-state index contributed by atoms with van der Waals surface area (Å²) in [4.78, 5) is 12.7. The Hall–Kier alpha value is -0.830. The topological polar surface area (TPSA) is 46.5 Å². The molecule has 0 radical (unpaired) electrons. The monoisotopic (exact) mass is 442 g/mol. The third-order valence-corrected chi connectivity index (χ3v) is 12.8. The summed E-state index contributed by atoms with van der Waals surface area (Å²) in [6.07, 6.45) is 8.85. The predicted octanol–water partition coefficient (Wildman–Crippen LogP) is 6.75. The SMILES string of the molecule is C=C(C)[C@@H]1CC[C@]2(C)CC[C@]3(C)[C@H](CC[C@@H]4[C@@]5(C)[C@H](O)OC(=O)C(C)(C)[C@@H]5CC[C@]43C)[C@@H]12. The molecule has 5 aliphatic rings. The number of allylic oxidation sites excluding steroid dienone is 1. The molecule has 1 aliphatic heterocycles. The lowest BCUT2D eigenvalue weighted by Gasteiger charge is -2.72. The van der Waals surface area contributed by atoms with Gasteiger partial charge in [0.05, 0.1) is 5.41 Å². The summed E-state index contributed by atoms with van der Waals surface area (Å²) in [5, 5.41) is 11.3. The van der Waals surface area contributed by atoms with Gasteiger partial charge < -0.3 is 9.84 Å². The van der Waals surface area contributed by atoms with Crippen LogP contribution in [0.1, 0.15) is 99.8 Å². The number of hydrogen-bond acceptors (Lipinski definition) is 3. The molecule has 0 aromatic carbocycles. The summed E-state index contributed by atoms with van der Waals surface area (Å²) in [5.41, 5.74) is 1.36. The molecule has 0 amide bonds. The first-order valence-electron chi connectivity index (χ1n) is 13.3. The third kappa shape index (κ3) is 2.50. The lowest BCUT2D eigenvalue weighted by atomic mass is 9.33. The number of fused-ring (bicyclic) bond motifs is 7. The van der Waals surface area contributed by atoms with E-state index < -0.39 is 11.7 Å². The second-order valence-electron chi connectivity index (χ2n) is 14.2. The van der Waals surface area contributed by atoms with Gasteiger partial charge in [0.1, 0.15) is 0 Å². The zero-order chi connectivity index (χ0) is 23.5. The van der Waals surface area contributed by atoms with Crippen LogP contribution in [0.2, 0.25) is 0 Å². The van der Waals surface area contributed by atoms with E-state index in [0.29, 0.717) is 17.3 Å². The predicted molar refractivity (Wildman–Crippen MR) is 128 cm³/mol. The van der Waals surface area contributed by atoms with Gasteiger partial charge in [-0.1, -0.05) is 39.8 Å². The Kier molecular flexibility index (Phi) is 4.76. The highest BCUT2D eigenvalue weighted by Gasteiger charge is 2.72. The summed E-state index contributed by atoms with van der Waals surface area (Å²) in [7, 11) is 0.